The number of hydrogen-bond donors (Lipinski definition) is 0. The Kier molecular flexibility index (Phi) is 18.2. The number of anilines is 6. The van der Waals surface area contributed by atoms with Gasteiger partial charge in [-0.05, 0) is 237 Å². The first-order chi connectivity index (χ1) is 71.9. The van der Waals surface area contributed by atoms with Crippen LogP contribution in [0.5, 0.6) is 0 Å². The first-order valence-electron chi connectivity index (χ1n) is 47.8. The van der Waals surface area contributed by atoms with Gasteiger partial charge in [0, 0.05) is 187 Å². The van der Waals surface area contributed by atoms with Gasteiger partial charge >= 0.3 is 0 Å². The normalized spacial score (nSPS) is 12.0. The molecule has 0 spiro atoms. The number of aromatic nitrogens is 6. The SMILES string of the molecule is O=c1ccoc2cc(-n3c4ccccc4c4cc(N(c5ccc6c(c5)c5ccccc5n6-c5ccc6c(=O)ccoc6c5)c5ccc6c(c5)c5ccccc5n6-c5ccc6c(=O)ccoc6c5)ccc43)ccc12.O=c1ccoc2ccc(-n3c4ccccc4c4cc(N(c5ccc6c(c5)c5ccccc5n6-c5ccc6occc(=O)c6c5)c5ccc6c(c5)c5ccccc5n6-c5ccc6occc(=O)c6c5)ccc43)cc12. The Bertz CT molecular complexity index is 10300. The molecule has 12 aromatic heterocycles. The van der Waals surface area contributed by atoms with Crippen LogP contribution in [0.25, 0.3) is 231 Å². The van der Waals surface area contributed by atoms with Crippen molar-refractivity contribution in [3.05, 3.63) is 499 Å². The van der Waals surface area contributed by atoms with Crippen LogP contribution < -0.4 is 42.4 Å². The summed E-state index contributed by atoms with van der Waals surface area (Å²) >= 11 is 0. The van der Waals surface area contributed by atoms with Crippen LogP contribution in [-0.4, -0.2) is 27.4 Å². The summed E-state index contributed by atoms with van der Waals surface area (Å²) in [7, 11) is 0. The van der Waals surface area contributed by atoms with Crippen LogP contribution in [-0.2, 0) is 0 Å². The molecule has 30 rings (SSSR count). The van der Waals surface area contributed by atoms with Gasteiger partial charge in [-0.1, -0.05) is 109 Å². The zero-order chi connectivity index (χ0) is 97.0. The minimum absolute atomic E-state index is 0.0858. The van der Waals surface area contributed by atoms with E-state index in [-0.39, 0.29) is 32.6 Å². The smallest absolute Gasteiger partial charge is 0.192 e. The van der Waals surface area contributed by atoms with E-state index in [1.54, 1.807) is 0 Å². The van der Waals surface area contributed by atoms with E-state index >= 15 is 0 Å². The van der Waals surface area contributed by atoms with Gasteiger partial charge in [-0.3, -0.25) is 28.8 Å². The molecule has 12 heterocycles. The highest BCUT2D eigenvalue weighted by Gasteiger charge is 2.28. The van der Waals surface area contributed by atoms with Crippen molar-refractivity contribution in [2.24, 2.45) is 0 Å². The standard InChI is InChI=1S/2C63H36N4O6/c68-58-25-28-71-61-34-40(13-19-46(58)61)65-52-10-4-1-7-43(52)49-31-37(16-22-55(49)65)64(38-17-23-56-50(32-38)44-8-2-5-11-53(44)66(56)41-14-20-47-59(69)26-29-72-62(47)35-41)39-18-24-57-51(33-39)45-9-3-6-12-54(45)67(57)42-15-21-48-60(70)27-30-73-63(48)36-42;68-58-25-28-71-61-22-16-40(34-49(58)61)65-52-10-4-1-7-43(52)46-31-37(13-19-55(46)65)64(38-14-20-56-47(32-38)44-8-2-5-11-53(44)66(56)41-17-23-62-50(35-41)59(69)26-29-72-62)39-15-21-57-48(33-39)45-9-3-6-12-54(45)67(57)42-18-24-63-51(36-42)60(70)27-30-73-63/h2*1-36H. The van der Waals surface area contributed by atoms with Crippen molar-refractivity contribution in [3.63, 3.8) is 0 Å². The first-order valence-corrected chi connectivity index (χ1v) is 47.8. The maximum atomic E-state index is 13.1. The molecule has 0 bridgehead atoms. The summed E-state index contributed by atoms with van der Waals surface area (Å²) in [6, 6.07) is 133. The van der Waals surface area contributed by atoms with Crippen LogP contribution in [0.3, 0.4) is 0 Å². The molecule has 0 N–H and O–H groups in total. The molecule has 0 saturated carbocycles. The van der Waals surface area contributed by atoms with E-state index in [0.717, 1.165) is 199 Å². The van der Waals surface area contributed by atoms with Crippen LogP contribution in [0, 0.1) is 0 Å². The van der Waals surface area contributed by atoms with Crippen LogP contribution >= 0.6 is 0 Å². The van der Waals surface area contributed by atoms with Gasteiger partial charge in [0.1, 0.15) is 33.5 Å². The van der Waals surface area contributed by atoms with Crippen LogP contribution in [0.2, 0.25) is 0 Å². The molecule has 0 saturated heterocycles. The summed E-state index contributed by atoms with van der Waals surface area (Å²) in [5.41, 5.74) is 25.4. The molecule has 0 aliphatic heterocycles. The second kappa shape index (κ2) is 32.1. The van der Waals surface area contributed by atoms with Crippen molar-refractivity contribution < 1.29 is 26.5 Å². The molecule has 0 amide bonds. The Morgan fingerprint density at radius 1 is 0.137 bits per heavy atom. The lowest BCUT2D eigenvalue weighted by molar-refractivity contribution is 0.602. The van der Waals surface area contributed by atoms with Gasteiger partial charge < -0.3 is 63.7 Å². The fourth-order valence-electron chi connectivity index (χ4n) is 22.4. The van der Waals surface area contributed by atoms with Gasteiger partial charge in [-0.2, -0.15) is 0 Å². The van der Waals surface area contributed by atoms with Gasteiger partial charge in [0.25, 0.3) is 0 Å². The average molecular weight is 1890 g/mol. The van der Waals surface area contributed by atoms with Crippen LogP contribution in [0.1, 0.15) is 0 Å². The number of rotatable bonds is 12. The van der Waals surface area contributed by atoms with E-state index in [9.17, 15) is 28.8 Å². The molecule has 688 valence electrons. The van der Waals surface area contributed by atoms with E-state index in [2.05, 4.69) is 256 Å². The zero-order valence-electron chi connectivity index (χ0n) is 77.0. The van der Waals surface area contributed by atoms with Crippen molar-refractivity contribution in [2.75, 3.05) is 9.80 Å². The molecule has 146 heavy (non-hydrogen) atoms. The maximum absolute atomic E-state index is 13.1. The molecule has 0 aliphatic carbocycles. The van der Waals surface area contributed by atoms with E-state index in [1.807, 2.05) is 146 Å². The summed E-state index contributed by atoms with van der Waals surface area (Å²) in [6.45, 7) is 0. The minimum atomic E-state index is -0.100. The van der Waals surface area contributed by atoms with Gasteiger partial charge in [-0.25, -0.2) is 0 Å². The highest BCUT2D eigenvalue weighted by Crippen LogP contribution is 2.49. The maximum Gasteiger partial charge on any atom is 0.192 e. The molecule has 18 aromatic carbocycles. The number of hydrogen-bond acceptors (Lipinski definition) is 14. The monoisotopic (exact) mass is 1890 g/mol. The topological polar surface area (TPSA) is 217 Å². The average Bonchev–Trinajstić information content (AvgIpc) is 1.58. The predicted octanol–water partition coefficient (Wildman–Crippen LogP) is 29.5. The number of para-hydroxylation sites is 6. The second-order valence-corrected chi connectivity index (χ2v) is 36.8. The Balaban J connectivity index is 0.000000138. The van der Waals surface area contributed by atoms with Crippen LogP contribution in [0.4, 0.5) is 34.1 Å². The van der Waals surface area contributed by atoms with E-state index in [4.69, 9.17) is 26.5 Å². The lowest BCUT2D eigenvalue weighted by Crippen LogP contribution is -2.10. The molecular formula is C126H72N8O12. The fraction of sp³-hybridized carbons (Fsp3) is 0. The quantitative estimate of drug-likeness (QED) is 0.111. The zero-order valence-corrected chi connectivity index (χ0v) is 77.0. The molecule has 30 aromatic rings. The highest BCUT2D eigenvalue weighted by atomic mass is 16.3. The Labute approximate surface area is 822 Å². The van der Waals surface area contributed by atoms with Crippen molar-refractivity contribution in [1.29, 1.82) is 0 Å². The number of benzene rings is 18. The Hall–Kier alpha value is -20.4. The van der Waals surface area contributed by atoms with E-state index < -0.39 is 0 Å². The number of fused-ring (bicyclic) bond motifs is 24. The molecule has 20 nitrogen and oxygen atoms in total. The first kappa shape index (κ1) is 82.7. The third kappa shape index (κ3) is 12.8. The van der Waals surface area contributed by atoms with Crippen LogP contribution in [0.15, 0.2) is 493 Å². The summed E-state index contributed by atoms with van der Waals surface area (Å²) in [4.78, 5) is 82.1. The summed E-state index contributed by atoms with van der Waals surface area (Å²) in [6.07, 6.45) is 8.63. The Morgan fingerprint density at radius 3 is 0.534 bits per heavy atom. The van der Waals surface area contributed by atoms with Crippen molar-refractivity contribution in [2.45, 2.75) is 0 Å². The summed E-state index contributed by atoms with van der Waals surface area (Å²) < 4.78 is 48.0. The largest absolute Gasteiger partial charge is 0.464 e. The molecule has 0 fully saturated rings. The van der Waals surface area contributed by atoms with Crippen molar-refractivity contribution >= 4 is 231 Å². The van der Waals surface area contributed by atoms with Crippen molar-refractivity contribution in [1.82, 2.24) is 27.4 Å². The van der Waals surface area contributed by atoms with Gasteiger partial charge in [0.05, 0.1) is 136 Å². The van der Waals surface area contributed by atoms with Gasteiger partial charge in [-0.15, -0.1) is 0 Å². The fourth-order valence-corrected chi connectivity index (χ4v) is 22.4. The van der Waals surface area contributed by atoms with E-state index in [1.165, 1.54) is 74.0 Å². The predicted molar refractivity (Wildman–Crippen MR) is 585 cm³/mol. The third-order valence-corrected chi connectivity index (χ3v) is 28.9. The summed E-state index contributed by atoms with van der Waals surface area (Å²) in [5, 5.41) is 15.8. The Morgan fingerprint density at radius 2 is 0.315 bits per heavy atom. The molecule has 0 radical (unpaired) electrons. The van der Waals surface area contributed by atoms with Gasteiger partial charge in [0.2, 0.25) is 0 Å². The third-order valence-electron chi connectivity index (χ3n) is 28.9. The molecule has 0 atom stereocenters. The minimum Gasteiger partial charge on any atom is -0.464 e. The second-order valence-electron chi connectivity index (χ2n) is 36.8. The number of nitrogens with zero attached hydrogens (tertiary/aromatic N) is 8. The molecular weight excluding hydrogens is 1820 g/mol. The molecule has 20 heteroatoms. The summed E-state index contributed by atoms with van der Waals surface area (Å²) in [5.74, 6) is 0. The van der Waals surface area contributed by atoms with E-state index in [0.29, 0.717) is 65.8 Å². The van der Waals surface area contributed by atoms with Gasteiger partial charge in [0.15, 0.2) is 32.6 Å². The van der Waals surface area contributed by atoms with Crippen molar-refractivity contribution in [3.8, 4) is 34.1 Å². The lowest BCUT2D eigenvalue weighted by Gasteiger charge is -2.26. The molecule has 0 aliphatic rings. The lowest BCUT2D eigenvalue weighted by atomic mass is 10.1. The molecule has 0 unspecified atom stereocenters. The highest BCUT2D eigenvalue weighted by molar-refractivity contribution is 6.18.